The van der Waals surface area contributed by atoms with E-state index in [2.05, 4.69) is 4.74 Å². The lowest BCUT2D eigenvalue weighted by atomic mass is 10.1. The number of halogens is 2. The number of aldehydes is 1. The van der Waals surface area contributed by atoms with Crippen molar-refractivity contribution in [2.24, 2.45) is 0 Å². The van der Waals surface area contributed by atoms with Crippen molar-refractivity contribution in [3.8, 4) is 0 Å². The van der Waals surface area contributed by atoms with E-state index in [1.54, 1.807) is 0 Å². The molecule has 0 aliphatic rings. The zero-order chi connectivity index (χ0) is 9.84. The van der Waals surface area contributed by atoms with Gasteiger partial charge in [-0.2, -0.15) is 0 Å². The van der Waals surface area contributed by atoms with Crippen LogP contribution in [0.5, 0.6) is 0 Å². The Morgan fingerprint density at radius 3 is 2.69 bits per heavy atom. The molecule has 0 N–H and O–H groups in total. The van der Waals surface area contributed by atoms with Gasteiger partial charge in [-0.3, -0.25) is 0 Å². The lowest BCUT2D eigenvalue weighted by molar-refractivity contribution is -0.116. The quantitative estimate of drug-likeness (QED) is 0.673. The minimum atomic E-state index is -1.05. The second-order valence-corrected chi connectivity index (χ2v) is 2.44. The van der Waals surface area contributed by atoms with Gasteiger partial charge in [-0.1, -0.05) is 12.1 Å². The predicted octanol–water partition coefficient (Wildman–Crippen LogP) is 1.85. The van der Waals surface area contributed by atoms with Crippen molar-refractivity contribution in [1.29, 1.82) is 0 Å². The molecule has 0 heterocycles. The molecule has 1 aromatic rings. The lowest BCUT2D eigenvalue weighted by Crippen LogP contribution is -2.06. The molecule has 1 rings (SSSR count). The molecule has 4 heteroatoms. The number of ether oxygens (including phenoxy) is 1. The highest BCUT2D eigenvalue weighted by atomic mass is 19.2. The van der Waals surface area contributed by atoms with E-state index in [0.717, 1.165) is 6.07 Å². The highest BCUT2D eigenvalue weighted by Crippen LogP contribution is 2.19. The van der Waals surface area contributed by atoms with Crippen molar-refractivity contribution >= 4 is 6.29 Å². The Hall–Kier alpha value is -1.29. The van der Waals surface area contributed by atoms with E-state index in [0.29, 0.717) is 6.29 Å². The minimum Gasteiger partial charge on any atom is -0.369 e. The summed E-state index contributed by atoms with van der Waals surface area (Å²) < 4.78 is 30.3. The van der Waals surface area contributed by atoms with Crippen LogP contribution in [0.15, 0.2) is 18.2 Å². The van der Waals surface area contributed by atoms with Crippen molar-refractivity contribution in [2.45, 2.75) is 6.10 Å². The maximum Gasteiger partial charge on any atom is 0.165 e. The van der Waals surface area contributed by atoms with Crippen molar-refractivity contribution in [2.75, 3.05) is 7.11 Å². The van der Waals surface area contributed by atoms with Gasteiger partial charge in [-0.15, -0.1) is 0 Å². The van der Waals surface area contributed by atoms with Gasteiger partial charge in [-0.05, 0) is 6.07 Å². The Kier molecular flexibility index (Phi) is 3.08. The summed E-state index contributed by atoms with van der Waals surface area (Å²) >= 11 is 0. The lowest BCUT2D eigenvalue weighted by Gasteiger charge is -2.09. The first kappa shape index (κ1) is 9.80. The van der Waals surface area contributed by atoms with Gasteiger partial charge in [0.2, 0.25) is 0 Å². The fraction of sp³-hybridized carbons (Fsp3) is 0.222. The van der Waals surface area contributed by atoms with Crippen molar-refractivity contribution in [1.82, 2.24) is 0 Å². The smallest absolute Gasteiger partial charge is 0.165 e. The molecule has 0 saturated heterocycles. The number of carbonyl (C=O) groups is 1. The Morgan fingerprint density at radius 1 is 1.46 bits per heavy atom. The second kappa shape index (κ2) is 4.09. The first-order chi connectivity index (χ1) is 6.20. The van der Waals surface area contributed by atoms with Crippen LogP contribution >= 0.6 is 0 Å². The standard InChI is InChI=1S/C9H8F2O2/c1-13-8(5-12)6-3-2-4-7(10)9(6)11/h2-5,8H,1H3. The van der Waals surface area contributed by atoms with Crippen LogP contribution in [-0.2, 0) is 9.53 Å². The van der Waals surface area contributed by atoms with E-state index < -0.39 is 17.7 Å². The topological polar surface area (TPSA) is 26.3 Å². The highest BCUT2D eigenvalue weighted by Gasteiger charge is 2.16. The molecule has 0 aliphatic heterocycles. The van der Waals surface area contributed by atoms with Crippen LogP contribution in [0.2, 0.25) is 0 Å². The van der Waals surface area contributed by atoms with E-state index in [9.17, 15) is 13.6 Å². The molecule has 70 valence electrons. The van der Waals surface area contributed by atoms with Crippen LogP contribution in [0.1, 0.15) is 11.7 Å². The van der Waals surface area contributed by atoms with Gasteiger partial charge in [0, 0.05) is 12.7 Å². The summed E-state index contributed by atoms with van der Waals surface area (Å²) in [5, 5.41) is 0. The summed E-state index contributed by atoms with van der Waals surface area (Å²) in [5.74, 6) is -2.03. The van der Waals surface area contributed by atoms with Gasteiger partial charge in [0.15, 0.2) is 17.9 Å². The average molecular weight is 186 g/mol. The Bertz CT molecular complexity index is 312. The van der Waals surface area contributed by atoms with Crippen LogP contribution in [-0.4, -0.2) is 13.4 Å². The molecule has 1 aromatic carbocycles. The number of hydrogen-bond donors (Lipinski definition) is 0. The summed E-state index contributed by atoms with van der Waals surface area (Å²) in [5.41, 5.74) is -0.0856. The largest absolute Gasteiger partial charge is 0.369 e. The third-order valence-electron chi connectivity index (χ3n) is 1.67. The molecule has 0 radical (unpaired) electrons. The normalized spacial score (nSPS) is 12.5. The third kappa shape index (κ3) is 1.89. The SMILES string of the molecule is COC(C=O)c1cccc(F)c1F. The predicted molar refractivity (Wildman–Crippen MR) is 42.2 cm³/mol. The van der Waals surface area contributed by atoms with E-state index in [1.807, 2.05) is 0 Å². The summed E-state index contributed by atoms with van der Waals surface area (Å²) in [6.07, 6.45) is -0.631. The molecule has 1 unspecified atom stereocenters. The third-order valence-corrected chi connectivity index (χ3v) is 1.67. The molecule has 0 amide bonds. The number of hydrogen-bond acceptors (Lipinski definition) is 2. The Labute approximate surface area is 74.1 Å². The van der Waals surface area contributed by atoms with Gasteiger partial charge < -0.3 is 9.53 Å². The monoisotopic (exact) mass is 186 g/mol. The van der Waals surface area contributed by atoms with Crippen LogP contribution in [0.25, 0.3) is 0 Å². The Morgan fingerprint density at radius 2 is 2.15 bits per heavy atom. The molecular formula is C9H8F2O2. The van der Waals surface area contributed by atoms with E-state index in [4.69, 9.17) is 0 Å². The summed E-state index contributed by atoms with van der Waals surface area (Å²) in [6, 6.07) is 3.61. The van der Waals surface area contributed by atoms with Gasteiger partial charge in [0.25, 0.3) is 0 Å². The molecule has 2 nitrogen and oxygen atoms in total. The zero-order valence-electron chi connectivity index (χ0n) is 6.96. The van der Waals surface area contributed by atoms with E-state index in [1.165, 1.54) is 19.2 Å². The molecule has 0 bridgehead atoms. The zero-order valence-corrected chi connectivity index (χ0v) is 6.96. The second-order valence-electron chi connectivity index (χ2n) is 2.44. The van der Waals surface area contributed by atoms with Crippen molar-refractivity contribution in [3.05, 3.63) is 35.4 Å². The maximum atomic E-state index is 13.0. The molecule has 0 aliphatic carbocycles. The fourth-order valence-corrected chi connectivity index (χ4v) is 0.996. The average Bonchev–Trinajstić information content (AvgIpc) is 2.14. The molecule has 0 fully saturated rings. The number of benzene rings is 1. The van der Waals surface area contributed by atoms with Crippen LogP contribution < -0.4 is 0 Å². The summed E-state index contributed by atoms with van der Waals surface area (Å²) in [4.78, 5) is 10.4. The van der Waals surface area contributed by atoms with Crippen LogP contribution in [0.4, 0.5) is 8.78 Å². The maximum absolute atomic E-state index is 13.0. The summed E-state index contributed by atoms with van der Waals surface area (Å²) in [6.45, 7) is 0. The molecule has 0 saturated carbocycles. The molecule has 1 atom stereocenters. The fourth-order valence-electron chi connectivity index (χ4n) is 0.996. The highest BCUT2D eigenvalue weighted by molar-refractivity contribution is 5.60. The molecule has 13 heavy (non-hydrogen) atoms. The van der Waals surface area contributed by atoms with Gasteiger partial charge in [0.1, 0.15) is 6.10 Å². The Balaban J connectivity index is 3.13. The number of rotatable bonds is 3. The van der Waals surface area contributed by atoms with Crippen molar-refractivity contribution < 1.29 is 18.3 Å². The summed E-state index contributed by atoms with van der Waals surface area (Å²) in [7, 11) is 1.25. The minimum absolute atomic E-state index is 0.0856. The number of carbonyl (C=O) groups excluding carboxylic acids is 1. The van der Waals surface area contributed by atoms with Crippen LogP contribution in [0, 0.1) is 11.6 Å². The first-order valence-electron chi connectivity index (χ1n) is 3.62. The first-order valence-corrected chi connectivity index (χ1v) is 3.62. The molecular weight excluding hydrogens is 178 g/mol. The van der Waals surface area contributed by atoms with E-state index >= 15 is 0 Å². The molecule has 0 aromatic heterocycles. The van der Waals surface area contributed by atoms with Gasteiger partial charge >= 0.3 is 0 Å². The molecule has 0 spiro atoms. The van der Waals surface area contributed by atoms with Gasteiger partial charge in [-0.25, -0.2) is 8.78 Å². The van der Waals surface area contributed by atoms with Crippen LogP contribution in [0.3, 0.4) is 0 Å². The van der Waals surface area contributed by atoms with Gasteiger partial charge in [0.05, 0.1) is 0 Å². The van der Waals surface area contributed by atoms with E-state index in [-0.39, 0.29) is 5.56 Å². The van der Waals surface area contributed by atoms with Crippen molar-refractivity contribution in [3.63, 3.8) is 0 Å². The number of methoxy groups -OCH3 is 1.